The van der Waals surface area contributed by atoms with E-state index in [-0.39, 0.29) is 0 Å². The molecule has 2 aliphatic heterocycles. The fourth-order valence-electron chi connectivity index (χ4n) is 1.99. The summed E-state index contributed by atoms with van der Waals surface area (Å²) in [6, 6.07) is 0.733. The molecule has 1 fully saturated rings. The summed E-state index contributed by atoms with van der Waals surface area (Å²) in [7, 11) is 0. The zero-order valence-electron chi connectivity index (χ0n) is 7.50. The fraction of sp³-hybridized carbons (Fsp3) is 0.889. The quantitative estimate of drug-likeness (QED) is 0.601. The van der Waals surface area contributed by atoms with E-state index in [1.54, 1.807) is 0 Å². The van der Waals surface area contributed by atoms with Gasteiger partial charge in [-0.1, -0.05) is 0 Å². The molecule has 0 saturated carbocycles. The van der Waals surface area contributed by atoms with Gasteiger partial charge in [0.15, 0.2) is 0 Å². The van der Waals surface area contributed by atoms with E-state index in [9.17, 15) is 0 Å². The zero-order chi connectivity index (χ0) is 8.23. The van der Waals surface area contributed by atoms with Gasteiger partial charge in [-0.25, -0.2) is 0 Å². The molecule has 0 radical (unpaired) electrons. The summed E-state index contributed by atoms with van der Waals surface area (Å²) in [6.07, 6.45) is 4.55. The number of hydrogen-bond acceptors (Lipinski definition) is 3. The normalized spacial score (nSPS) is 32.2. The molecule has 12 heavy (non-hydrogen) atoms. The van der Waals surface area contributed by atoms with E-state index in [2.05, 4.69) is 21.4 Å². The van der Waals surface area contributed by atoms with Crippen molar-refractivity contribution in [1.29, 1.82) is 0 Å². The Morgan fingerprint density at radius 1 is 1.33 bits per heavy atom. The van der Waals surface area contributed by atoms with Gasteiger partial charge in [0, 0.05) is 32.2 Å². The monoisotopic (exact) mass is 167 g/mol. The van der Waals surface area contributed by atoms with Crippen molar-refractivity contribution in [2.45, 2.75) is 18.9 Å². The molecule has 3 nitrogen and oxygen atoms in total. The minimum Gasteiger partial charge on any atom is -0.314 e. The molecule has 0 aromatic heterocycles. The van der Waals surface area contributed by atoms with Crippen LogP contribution in [0.5, 0.6) is 0 Å². The Balaban J connectivity index is 1.85. The fourth-order valence-corrected chi connectivity index (χ4v) is 1.99. The molecule has 1 atom stereocenters. The Kier molecular flexibility index (Phi) is 2.74. The maximum atomic E-state index is 4.35. The molecule has 0 aromatic rings. The molecule has 1 saturated heterocycles. The first kappa shape index (κ1) is 8.20. The van der Waals surface area contributed by atoms with Crippen molar-refractivity contribution < 1.29 is 0 Å². The van der Waals surface area contributed by atoms with Crippen molar-refractivity contribution in [3.63, 3.8) is 0 Å². The largest absolute Gasteiger partial charge is 0.314 e. The minimum absolute atomic E-state index is 0.733. The molecule has 1 N–H and O–H groups in total. The average Bonchev–Trinajstić information content (AvgIpc) is 2.21. The van der Waals surface area contributed by atoms with Crippen molar-refractivity contribution >= 4 is 6.21 Å². The lowest BCUT2D eigenvalue weighted by atomic mass is 10.1. The van der Waals surface area contributed by atoms with Crippen LogP contribution in [0.4, 0.5) is 0 Å². The number of nitrogens with zero attached hydrogens (tertiary/aromatic N) is 2. The van der Waals surface area contributed by atoms with Crippen LogP contribution in [0.2, 0.25) is 0 Å². The number of rotatable bonds is 1. The highest BCUT2D eigenvalue weighted by Gasteiger charge is 2.20. The molecule has 2 heterocycles. The predicted molar refractivity (Wildman–Crippen MR) is 50.8 cm³/mol. The van der Waals surface area contributed by atoms with E-state index < -0.39 is 0 Å². The summed E-state index contributed by atoms with van der Waals surface area (Å²) in [5.41, 5.74) is 0. The van der Waals surface area contributed by atoms with Gasteiger partial charge >= 0.3 is 0 Å². The van der Waals surface area contributed by atoms with Crippen molar-refractivity contribution in [3.8, 4) is 0 Å². The molecule has 0 bridgehead atoms. The maximum absolute atomic E-state index is 4.35. The summed E-state index contributed by atoms with van der Waals surface area (Å²) in [4.78, 5) is 6.92. The summed E-state index contributed by atoms with van der Waals surface area (Å²) in [6.45, 7) is 5.75. The molecule has 1 unspecified atom stereocenters. The van der Waals surface area contributed by atoms with Crippen LogP contribution in [0.1, 0.15) is 12.8 Å². The molecule has 68 valence electrons. The van der Waals surface area contributed by atoms with Crippen LogP contribution in [0.3, 0.4) is 0 Å². The first-order chi connectivity index (χ1) is 5.97. The molecule has 0 amide bonds. The minimum atomic E-state index is 0.733. The Labute approximate surface area is 73.9 Å². The number of piperazine rings is 1. The Hall–Kier alpha value is -0.410. The van der Waals surface area contributed by atoms with Gasteiger partial charge in [0.1, 0.15) is 0 Å². The van der Waals surface area contributed by atoms with Crippen LogP contribution in [0.25, 0.3) is 0 Å². The van der Waals surface area contributed by atoms with Gasteiger partial charge in [0.05, 0.1) is 6.54 Å². The van der Waals surface area contributed by atoms with E-state index in [1.807, 2.05) is 0 Å². The number of hydrogen-bond donors (Lipinski definition) is 1. The first-order valence-electron chi connectivity index (χ1n) is 4.90. The summed E-state index contributed by atoms with van der Waals surface area (Å²) >= 11 is 0. The van der Waals surface area contributed by atoms with E-state index >= 15 is 0 Å². The summed E-state index contributed by atoms with van der Waals surface area (Å²) < 4.78 is 0. The van der Waals surface area contributed by atoms with Crippen LogP contribution in [0.15, 0.2) is 4.99 Å². The van der Waals surface area contributed by atoms with Gasteiger partial charge < -0.3 is 5.32 Å². The van der Waals surface area contributed by atoms with E-state index in [1.165, 1.54) is 25.9 Å². The zero-order valence-corrected chi connectivity index (χ0v) is 7.50. The second-order valence-electron chi connectivity index (χ2n) is 3.56. The lowest BCUT2D eigenvalue weighted by Crippen LogP contribution is -2.49. The van der Waals surface area contributed by atoms with Gasteiger partial charge in [-0.05, 0) is 19.1 Å². The smallest absolute Gasteiger partial charge is 0.0541 e. The maximum Gasteiger partial charge on any atom is 0.0541 e. The Morgan fingerprint density at radius 2 is 2.17 bits per heavy atom. The molecular weight excluding hydrogens is 150 g/mol. The van der Waals surface area contributed by atoms with Crippen LogP contribution in [-0.2, 0) is 0 Å². The van der Waals surface area contributed by atoms with Crippen molar-refractivity contribution in [1.82, 2.24) is 10.2 Å². The molecular formula is C9H17N3. The molecule has 2 rings (SSSR count). The van der Waals surface area contributed by atoms with Crippen LogP contribution in [0, 0.1) is 0 Å². The van der Waals surface area contributed by atoms with Crippen LogP contribution in [-0.4, -0.2) is 49.9 Å². The van der Waals surface area contributed by atoms with E-state index in [0.29, 0.717) is 0 Å². The lowest BCUT2D eigenvalue weighted by molar-refractivity contribution is 0.168. The Bertz CT molecular complexity index is 161. The number of nitrogens with one attached hydrogen (secondary N) is 1. The van der Waals surface area contributed by atoms with Crippen LogP contribution < -0.4 is 5.32 Å². The average molecular weight is 167 g/mol. The third kappa shape index (κ3) is 1.84. The second kappa shape index (κ2) is 4.01. The lowest BCUT2D eigenvalue weighted by Gasteiger charge is -2.35. The highest BCUT2D eigenvalue weighted by Crippen LogP contribution is 2.11. The first-order valence-corrected chi connectivity index (χ1v) is 4.90. The van der Waals surface area contributed by atoms with Gasteiger partial charge in [0.2, 0.25) is 0 Å². The van der Waals surface area contributed by atoms with Crippen molar-refractivity contribution in [3.05, 3.63) is 0 Å². The second-order valence-corrected chi connectivity index (χ2v) is 3.56. The predicted octanol–water partition coefficient (Wildman–Crippen LogP) is 0.125. The molecule has 0 spiro atoms. The highest BCUT2D eigenvalue weighted by molar-refractivity contribution is 5.58. The van der Waals surface area contributed by atoms with Gasteiger partial charge in [0.25, 0.3) is 0 Å². The number of aliphatic imine (C=N–C) groups is 1. The third-order valence-corrected chi connectivity index (χ3v) is 2.74. The molecule has 2 aliphatic rings. The van der Waals surface area contributed by atoms with Crippen LogP contribution >= 0.6 is 0 Å². The van der Waals surface area contributed by atoms with E-state index in [0.717, 1.165) is 25.7 Å². The van der Waals surface area contributed by atoms with Gasteiger partial charge in [-0.2, -0.15) is 0 Å². The van der Waals surface area contributed by atoms with E-state index in [4.69, 9.17) is 0 Å². The Morgan fingerprint density at radius 3 is 2.83 bits per heavy atom. The molecule has 0 aliphatic carbocycles. The SMILES string of the molecule is C1=NCC(N2CCNCC2)CC1. The van der Waals surface area contributed by atoms with Crippen molar-refractivity contribution in [2.75, 3.05) is 32.7 Å². The van der Waals surface area contributed by atoms with Gasteiger partial charge in [-0.3, -0.25) is 9.89 Å². The summed E-state index contributed by atoms with van der Waals surface area (Å²) in [5.74, 6) is 0. The summed E-state index contributed by atoms with van der Waals surface area (Å²) in [5, 5.41) is 3.37. The molecule has 0 aromatic carbocycles. The molecule has 3 heteroatoms. The van der Waals surface area contributed by atoms with Gasteiger partial charge in [-0.15, -0.1) is 0 Å². The standard InChI is InChI=1S/C9H17N3/c1-2-9(8-11-3-1)12-6-4-10-5-7-12/h3,9-10H,1-2,4-8H2. The highest BCUT2D eigenvalue weighted by atomic mass is 15.2. The third-order valence-electron chi connectivity index (χ3n) is 2.74. The topological polar surface area (TPSA) is 27.6 Å². The van der Waals surface area contributed by atoms with Crippen molar-refractivity contribution in [2.24, 2.45) is 4.99 Å².